The fraction of sp³-hybridized carbons (Fsp3) is 0.200. The third kappa shape index (κ3) is 3.75. The van der Waals surface area contributed by atoms with Gasteiger partial charge >= 0.3 is 0 Å². The van der Waals surface area contributed by atoms with Crippen molar-refractivity contribution in [2.75, 3.05) is 13.3 Å². The lowest BCUT2D eigenvalue weighted by Crippen LogP contribution is -2.02. The van der Waals surface area contributed by atoms with Crippen LogP contribution in [0.4, 0.5) is 17.6 Å². The van der Waals surface area contributed by atoms with Gasteiger partial charge in [0.2, 0.25) is 5.82 Å². The molecule has 6 heteroatoms. The van der Waals surface area contributed by atoms with Crippen molar-refractivity contribution in [1.82, 2.24) is 0 Å². The molecule has 0 atom stereocenters. The molecule has 2 aromatic carbocycles. The number of alkyl halides is 1. The van der Waals surface area contributed by atoms with Crippen LogP contribution in [0.2, 0.25) is 0 Å². The van der Waals surface area contributed by atoms with Crippen LogP contribution in [0.1, 0.15) is 11.3 Å². The number of hydrogen-bond donors (Lipinski definition) is 0. The molecular formula is C20H16F4OS. The van der Waals surface area contributed by atoms with Crippen molar-refractivity contribution >= 4 is 11.3 Å². The Hall–Kier alpha value is -2.34. The lowest BCUT2D eigenvalue weighted by molar-refractivity contribution is 0.273. The highest BCUT2D eigenvalue weighted by Crippen LogP contribution is 2.34. The Bertz CT molecular complexity index is 920. The molecule has 0 spiro atoms. The lowest BCUT2D eigenvalue weighted by Gasteiger charge is -2.11. The van der Waals surface area contributed by atoms with Gasteiger partial charge in [-0.2, -0.15) is 4.39 Å². The Kier molecular flexibility index (Phi) is 5.61. The third-order valence-electron chi connectivity index (χ3n) is 3.87. The number of thiophene rings is 1. The van der Waals surface area contributed by atoms with Crippen LogP contribution in [0.25, 0.3) is 21.6 Å². The monoisotopic (exact) mass is 380 g/mol. The normalized spacial score (nSPS) is 11.0. The summed E-state index contributed by atoms with van der Waals surface area (Å²) in [5, 5.41) is 0. The van der Waals surface area contributed by atoms with E-state index in [0.29, 0.717) is 5.56 Å². The Morgan fingerprint density at radius 2 is 1.69 bits per heavy atom. The maximum absolute atomic E-state index is 14.5. The van der Waals surface area contributed by atoms with Crippen molar-refractivity contribution in [3.8, 4) is 27.3 Å². The van der Waals surface area contributed by atoms with E-state index >= 15 is 0 Å². The largest absolute Gasteiger partial charge is 0.490 e. The topological polar surface area (TPSA) is 9.23 Å². The van der Waals surface area contributed by atoms with Gasteiger partial charge in [0, 0.05) is 27.3 Å². The van der Waals surface area contributed by atoms with Crippen molar-refractivity contribution in [2.24, 2.45) is 0 Å². The van der Waals surface area contributed by atoms with E-state index < -0.39 is 24.1 Å². The molecule has 0 saturated carbocycles. The molecule has 0 N–H and O–H groups in total. The van der Waals surface area contributed by atoms with Crippen LogP contribution in [0.15, 0.2) is 42.5 Å². The van der Waals surface area contributed by atoms with Crippen molar-refractivity contribution in [3.63, 3.8) is 0 Å². The maximum Gasteiger partial charge on any atom is 0.201 e. The Morgan fingerprint density at radius 1 is 0.923 bits per heavy atom. The van der Waals surface area contributed by atoms with Crippen LogP contribution in [0.3, 0.4) is 0 Å². The highest BCUT2D eigenvalue weighted by Gasteiger charge is 2.18. The Labute approximate surface area is 152 Å². The molecule has 0 radical (unpaired) electrons. The predicted octanol–water partition coefficient (Wildman–Crippen LogP) is 6.55. The van der Waals surface area contributed by atoms with Gasteiger partial charge in [-0.3, -0.25) is 4.39 Å². The summed E-state index contributed by atoms with van der Waals surface area (Å²) in [5.74, 6) is -3.36. The molecule has 26 heavy (non-hydrogen) atoms. The van der Waals surface area contributed by atoms with Gasteiger partial charge < -0.3 is 4.74 Å². The first-order valence-electron chi connectivity index (χ1n) is 8.04. The Balaban J connectivity index is 1.92. The van der Waals surface area contributed by atoms with E-state index in [1.807, 2.05) is 19.1 Å². The summed E-state index contributed by atoms with van der Waals surface area (Å²) in [4.78, 5) is 2.00. The van der Waals surface area contributed by atoms with Crippen LogP contribution >= 0.6 is 11.3 Å². The summed E-state index contributed by atoms with van der Waals surface area (Å²) < 4.78 is 60.1. The molecule has 3 rings (SSSR count). The van der Waals surface area contributed by atoms with Crippen LogP contribution in [0.5, 0.6) is 5.75 Å². The van der Waals surface area contributed by atoms with Crippen molar-refractivity contribution in [1.29, 1.82) is 0 Å². The van der Waals surface area contributed by atoms with Gasteiger partial charge in [0.1, 0.15) is 5.82 Å². The SMILES string of the molecule is Cc1ccc(-c2ccc(-c3ccc(OCCCF)c(F)c3F)c(F)c2)s1. The van der Waals surface area contributed by atoms with Crippen LogP contribution < -0.4 is 4.74 Å². The molecule has 0 unspecified atom stereocenters. The number of halogens is 4. The highest BCUT2D eigenvalue weighted by molar-refractivity contribution is 7.15. The first kappa shape index (κ1) is 18.5. The molecular weight excluding hydrogens is 364 g/mol. The van der Waals surface area contributed by atoms with E-state index in [0.717, 1.165) is 9.75 Å². The first-order valence-corrected chi connectivity index (χ1v) is 8.86. The van der Waals surface area contributed by atoms with Gasteiger partial charge in [0.25, 0.3) is 0 Å². The fourth-order valence-corrected chi connectivity index (χ4v) is 3.43. The van der Waals surface area contributed by atoms with Crippen LogP contribution in [-0.4, -0.2) is 13.3 Å². The molecule has 1 aromatic heterocycles. The van der Waals surface area contributed by atoms with E-state index in [2.05, 4.69) is 0 Å². The van der Waals surface area contributed by atoms with E-state index in [1.54, 1.807) is 6.07 Å². The standard InChI is InChI=1S/C20H16F4OS/c1-12-3-8-18(26-12)13-4-5-14(16(22)11-13)15-6-7-17(20(24)19(15)23)25-10-2-9-21/h3-8,11H,2,9-10H2,1H3. The maximum atomic E-state index is 14.5. The van der Waals surface area contributed by atoms with Crippen molar-refractivity contribution < 1.29 is 22.3 Å². The van der Waals surface area contributed by atoms with Crippen LogP contribution in [0, 0.1) is 24.4 Å². The first-order chi connectivity index (χ1) is 12.5. The molecule has 0 aliphatic carbocycles. The van der Waals surface area contributed by atoms with Gasteiger partial charge in [-0.1, -0.05) is 12.1 Å². The molecule has 0 aliphatic heterocycles. The van der Waals surface area contributed by atoms with Gasteiger partial charge in [-0.15, -0.1) is 11.3 Å². The number of ether oxygens (including phenoxy) is 1. The summed E-state index contributed by atoms with van der Waals surface area (Å²) in [6.07, 6.45) is 0.0844. The molecule has 3 aromatic rings. The summed E-state index contributed by atoms with van der Waals surface area (Å²) in [6, 6.07) is 10.7. The van der Waals surface area contributed by atoms with E-state index in [9.17, 15) is 17.6 Å². The van der Waals surface area contributed by atoms with E-state index in [1.165, 1.54) is 35.6 Å². The number of benzene rings is 2. The fourth-order valence-electron chi connectivity index (χ4n) is 2.56. The number of hydrogen-bond acceptors (Lipinski definition) is 2. The molecule has 0 aliphatic rings. The minimum Gasteiger partial charge on any atom is -0.490 e. The molecule has 1 heterocycles. The molecule has 0 amide bonds. The second kappa shape index (κ2) is 7.91. The van der Waals surface area contributed by atoms with Gasteiger partial charge in [0.15, 0.2) is 11.6 Å². The zero-order valence-electron chi connectivity index (χ0n) is 14.0. The average Bonchev–Trinajstić information content (AvgIpc) is 3.06. The molecule has 0 saturated heterocycles. The van der Waals surface area contributed by atoms with Gasteiger partial charge in [0.05, 0.1) is 13.3 Å². The summed E-state index contributed by atoms with van der Waals surface area (Å²) in [7, 11) is 0. The second-order valence-electron chi connectivity index (χ2n) is 5.74. The zero-order chi connectivity index (χ0) is 18.7. The minimum absolute atomic E-state index is 0.0336. The second-order valence-corrected chi connectivity index (χ2v) is 7.02. The van der Waals surface area contributed by atoms with E-state index in [-0.39, 0.29) is 29.9 Å². The average molecular weight is 380 g/mol. The smallest absolute Gasteiger partial charge is 0.201 e. The zero-order valence-corrected chi connectivity index (χ0v) is 14.8. The van der Waals surface area contributed by atoms with Crippen LogP contribution in [-0.2, 0) is 0 Å². The van der Waals surface area contributed by atoms with E-state index in [4.69, 9.17) is 4.74 Å². The van der Waals surface area contributed by atoms with Gasteiger partial charge in [-0.25, -0.2) is 8.78 Å². The number of rotatable bonds is 6. The summed E-state index contributed by atoms with van der Waals surface area (Å²) >= 11 is 1.52. The van der Waals surface area contributed by atoms with Crippen molar-refractivity contribution in [3.05, 3.63) is 64.8 Å². The van der Waals surface area contributed by atoms with Gasteiger partial charge in [-0.05, 0) is 42.8 Å². The summed E-state index contributed by atoms with van der Waals surface area (Å²) in [5.41, 5.74) is 0.455. The third-order valence-corrected chi connectivity index (χ3v) is 4.92. The lowest BCUT2D eigenvalue weighted by atomic mass is 10.0. The summed E-state index contributed by atoms with van der Waals surface area (Å²) in [6.45, 7) is 1.28. The Morgan fingerprint density at radius 3 is 2.35 bits per heavy atom. The minimum atomic E-state index is -1.21. The predicted molar refractivity (Wildman–Crippen MR) is 95.9 cm³/mol. The molecule has 0 fully saturated rings. The molecule has 1 nitrogen and oxygen atoms in total. The molecule has 0 bridgehead atoms. The highest BCUT2D eigenvalue weighted by atomic mass is 32.1. The van der Waals surface area contributed by atoms with Crippen molar-refractivity contribution in [2.45, 2.75) is 13.3 Å². The quantitative estimate of drug-likeness (QED) is 0.348. The molecule has 136 valence electrons. The number of aryl methyl sites for hydroxylation is 1.